The minimum atomic E-state index is -0.468. The van der Waals surface area contributed by atoms with Crippen LogP contribution in [-0.4, -0.2) is 44.9 Å². The number of hydrogen-bond donors (Lipinski definition) is 1. The number of carbonyl (C=O) groups excluding carboxylic acids is 1. The lowest BCUT2D eigenvalue weighted by Crippen LogP contribution is -2.54. The summed E-state index contributed by atoms with van der Waals surface area (Å²) in [6.45, 7) is 2.28. The summed E-state index contributed by atoms with van der Waals surface area (Å²) in [5, 5.41) is 3.28. The smallest absolute Gasteiger partial charge is 0.411 e. The average molecular weight is 403 g/mol. The molecule has 2 aromatic rings. The number of anilines is 1. The van der Waals surface area contributed by atoms with Gasteiger partial charge in [-0.1, -0.05) is 17.7 Å². The zero-order valence-corrected chi connectivity index (χ0v) is 16.7. The van der Waals surface area contributed by atoms with Gasteiger partial charge in [0.15, 0.2) is 11.5 Å². The van der Waals surface area contributed by atoms with Gasteiger partial charge in [0.25, 0.3) is 0 Å². The van der Waals surface area contributed by atoms with E-state index in [2.05, 4.69) is 22.3 Å². The zero-order valence-electron chi connectivity index (χ0n) is 15.9. The van der Waals surface area contributed by atoms with Crippen LogP contribution >= 0.6 is 11.6 Å². The van der Waals surface area contributed by atoms with Crippen molar-refractivity contribution in [3.05, 3.63) is 52.5 Å². The SMILES string of the molecule is COc1cc2c(cc1OC)[C@H]1[C@@H](COC(=O)Nc3cccc(Cl)c3)CN1CC2. The van der Waals surface area contributed by atoms with Crippen molar-refractivity contribution in [3.63, 3.8) is 0 Å². The van der Waals surface area contributed by atoms with Crippen molar-refractivity contribution in [1.29, 1.82) is 0 Å². The van der Waals surface area contributed by atoms with Crippen LogP contribution in [0, 0.1) is 5.92 Å². The summed E-state index contributed by atoms with van der Waals surface area (Å²) in [7, 11) is 3.30. The van der Waals surface area contributed by atoms with Crippen LogP contribution in [0.15, 0.2) is 36.4 Å². The van der Waals surface area contributed by atoms with Gasteiger partial charge in [-0.2, -0.15) is 0 Å². The highest BCUT2D eigenvalue weighted by Gasteiger charge is 2.44. The fourth-order valence-corrected chi connectivity index (χ4v) is 4.29. The van der Waals surface area contributed by atoms with Crippen LogP contribution in [0.1, 0.15) is 17.2 Å². The lowest BCUT2D eigenvalue weighted by atomic mass is 9.78. The number of methoxy groups -OCH3 is 2. The Hall–Kier alpha value is -2.44. The number of carbonyl (C=O) groups is 1. The van der Waals surface area contributed by atoms with Crippen LogP contribution in [0.5, 0.6) is 11.5 Å². The normalized spacial score (nSPS) is 20.4. The summed E-state index contributed by atoms with van der Waals surface area (Å²) < 4.78 is 16.4. The quantitative estimate of drug-likeness (QED) is 0.814. The summed E-state index contributed by atoms with van der Waals surface area (Å²) >= 11 is 5.94. The van der Waals surface area contributed by atoms with Gasteiger partial charge in [-0.15, -0.1) is 0 Å². The number of nitrogens with zero attached hydrogens (tertiary/aromatic N) is 1. The molecule has 2 aliphatic rings. The molecular formula is C21H23ClN2O4. The number of rotatable bonds is 5. The highest BCUT2D eigenvalue weighted by atomic mass is 35.5. The minimum Gasteiger partial charge on any atom is -0.493 e. The molecule has 2 aliphatic heterocycles. The van der Waals surface area contributed by atoms with Gasteiger partial charge >= 0.3 is 6.09 Å². The third kappa shape index (κ3) is 3.62. The Morgan fingerprint density at radius 3 is 2.75 bits per heavy atom. The maximum atomic E-state index is 12.1. The molecule has 2 heterocycles. The van der Waals surface area contributed by atoms with E-state index in [0.717, 1.165) is 31.0 Å². The van der Waals surface area contributed by atoms with E-state index in [1.54, 1.807) is 38.5 Å². The largest absolute Gasteiger partial charge is 0.493 e. The van der Waals surface area contributed by atoms with Gasteiger partial charge in [0.05, 0.1) is 20.8 Å². The Balaban J connectivity index is 1.42. The first kappa shape index (κ1) is 18.9. The van der Waals surface area contributed by atoms with Gasteiger partial charge in [0.2, 0.25) is 0 Å². The first-order chi connectivity index (χ1) is 13.6. The number of nitrogens with one attached hydrogen (secondary N) is 1. The van der Waals surface area contributed by atoms with Gasteiger partial charge in [-0.25, -0.2) is 4.79 Å². The third-order valence-corrected chi connectivity index (χ3v) is 5.68. The number of amides is 1. The second-order valence-corrected chi connectivity index (χ2v) is 7.53. The zero-order chi connectivity index (χ0) is 19.7. The maximum Gasteiger partial charge on any atom is 0.411 e. The van der Waals surface area contributed by atoms with Crippen LogP contribution < -0.4 is 14.8 Å². The van der Waals surface area contributed by atoms with Crippen LogP contribution in [0.2, 0.25) is 5.02 Å². The van der Waals surface area contributed by atoms with E-state index in [0.29, 0.717) is 17.3 Å². The molecule has 2 atom stereocenters. The van der Waals surface area contributed by atoms with Crippen molar-refractivity contribution in [2.24, 2.45) is 5.92 Å². The molecule has 28 heavy (non-hydrogen) atoms. The number of ether oxygens (including phenoxy) is 3. The molecular weight excluding hydrogens is 380 g/mol. The summed E-state index contributed by atoms with van der Waals surface area (Å²) in [4.78, 5) is 14.5. The predicted molar refractivity (Wildman–Crippen MR) is 107 cm³/mol. The third-order valence-electron chi connectivity index (χ3n) is 5.44. The molecule has 4 rings (SSSR count). The van der Waals surface area contributed by atoms with E-state index in [4.69, 9.17) is 25.8 Å². The maximum absolute atomic E-state index is 12.1. The minimum absolute atomic E-state index is 0.238. The van der Waals surface area contributed by atoms with Gasteiger partial charge in [0, 0.05) is 35.8 Å². The fraction of sp³-hybridized carbons (Fsp3) is 0.381. The lowest BCUT2D eigenvalue weighted by Gasteiger charge is -2.51. The second kappa shape index (κ2) is 7.89. The Labute approximate surface area is 169 Å². The van der Waals surface area contributed by atoms with E-state index < -0.39 is 6.09 Å². The molecule has 1 N–H and O–H groups in total. The molecule has 0 radical (unpaired) electrons. The number of halogens is 1. The van der Waals surface area contributed by atoms with Crippen molar-refractivity contribution in [2.75, 3.05) is 39.2 Å². The van der Waals surface area contributed by atoms with Crippen molar-refractivity contribution in [3.8, 4) is 11.5 Å². The highest BCUT2D eigenvalue weighted by molar-refractivity contribution is 6.30. The lowest BCUT2D eigenvalue weighted by molar-refractivity contribution is -0.0275. The number of benzene rings is 2. The summed E-state index contributed by atoms with van der Waals surface area (Å²) in [6, 6.07) is 11.4. The predicted octanol–water partition coefficient (Wildman–Crippen LogP) is 4.13. The van der Waals surface area contributed by atoms with Gasteiger partial charge < -0.3 is 14.2 Å². The van der Waals surface area contributed by atoms with Gasteiger partial charge in [-0.05, 0) is 47.9 Å². The highest BCUT2D eigenvalue weighted by Crippen LogP contribution is 2.46. The monoisotopic (exact) mass is 402 g/mol. The summed E-state index contributed by atoms with van der Waals surface area (Å²) in [6.07, 6.45) is 0.513. The fourth-order valence-electron chi connectivity index (χ4n) is 4.10. The van der Waals surface area contributed by atoms with Crippen molar-refractivity contribution in [1.82, 2.24) is 4.90 Å². The average Bonchev–Trinajstić information content (AvgIpc) is 2.66. The molecule has 0 spiro atoms. The molecule has 148 valence electrons. The van der Waals surface area contributed by atoms with Crippen molar-refractivity contribution < 1.29 is 19.0 Å². The van der Waals surface area contributed by atoms with E-state index in [1.165, 1.54) is 11.1 Å². The molecule has 1 saturated heterocycles. The van der Waals surface area contributed by atoms with E-state index in [1.807, 2.05) is 0 Å². The van der Waals surface area contributed by atoms with E-state index >= 15 is 0 Å². The first-order valence-electron chi connectivity index (χ1n) is 9.27. The van der Waals surface area contributed by atoms with Crippen molar-refractivity contribution in [2.45, 2.75) is 12.5 Å². The Morgan fingerprint density at radius 1 is 1.21 bits per heavy atom. The van der Waals surface area contributed by atoms with Crippen molar-refractivity contribution >= 4 is 23.4 Å². The number of fused-ring (bicyclic) bond motifs is 3. The van der Waals surface area contributed by atoms with Gasteiger partial charge in [0.1, 0.15) is 0 Å². The molecule has 6 nitrogen and oxygen atoms in total. The Morgan fingerprint density at radius 2 is 2.00 bits per heavy atom. The molecule has 0 aromatic heterocycles. The second-order valence-electron chi connectivity index (χ2n) is 7.09. The molecule has 0 bridgehead atoms. The van der Waals surface area contributed by atoms with E-state index in [-0.39, 0.29) is 12.0 Å². The number of hydrogen-bond acceptors (Lipinski definition) is 5. The topological polar surface area (TPSA) is 60.0 Å². The van der Waals surface area contributed by atoms with Crippen LogP contribution in [0.4, 0.5) is 10.5 Å². The Bertz CT molecular complexity index is 889. The Kier molecular flexibility index (Phi) is 5.33. The molecule has 0 saturated carbocycles. The first-order valence-corrected chi connectivity index (χ1v) is 9.65. The van der Waals surface area contributed by atoms with Crippen LogP contribution in [0.25, 0.3) is 0 Å². The molecule has 1 fully saturated rings. The van der Waals surface area contributed by atoms with E-state index in [9.17, 15) is 4.79 Å². The standard InChI is InChI=1S/C21H23ClN2O4/c1-26-18-8-13-6-7-24-11-14(20(24)17(13)10-19(18)27-2)12-28-21(25)23-16-5-3-4-15(22)9-16/h3-5,8-10,14,20H,6-7,11-12H2,1-2H3,(H,23,25)/t14-,20-/m1/s1. The van der Waals surface area contributed by atoms with Crippen LogP contribution in [0.3, 0.4) is 0 Å². The molecule has 1 amide bonds. The summed E-state index contributed by atoms with van der Waals surface area (Å²) in [5.41, 5.74) is 3.12. The molecule has 0 unspecified atom stereocenters. The molecule has 2 aromatic carbocycles. The van der Waals surface area contributed by atoms with Crippen LogP contribution in [-0.2, 0) is 11.2 Å². The molecule has 7 heteroatoms. The van der Waals surface area contributed by atoms with Gasteiger partial charge in [-0.3, -0.25) is 10.2 Å². The molecule has 0 aliphatic carbocycles. The summed E-state index contributed by atoms with van der Waals surface area (Å²) in [5.74, 6) is 1.73.